The van der Waals surface area contributed by atoms with E-state index < -0.39 is 11.6 Å². The Bertz CT molecular complexity index is 1050. The second-order valence-corrected chi connectivity index (χ2v) is 7.57. The molecule has 1 aliphatic heterocycles. The number of nitrogens with zero attached hydrogens (tertiary/aromatic N) is 4. The minimum absolute atomic E-state index is 0.0995. The maximum absolute atomic E-state index is 14.5. The maximum Gasteiger partial charge on any atom is 0.141 e. The molecule has 0 spiro atoms. The van der Waals surface area contributed by atoms with Gasteiger partial charge in [0.25, 0.3) is 0 Å². The van der Waals surface area contributed by atoms with Gasteiger partial charge in [-0.3, -0.25) is 5.10 Å². The molecule has 1 aliphatic rings. The van der Waals surface area contributed by atoms with Crippen molar-refractivity contribution in [3.05, 3.63) is 59.4 Å². The fraction of sp³-hybridized carbons (Fsp3) is 0.364. The zero-order valence-electron chi connectivity index (χ0n) is 17.0. The Labute approximate surface area is 169 Å². The number of rotatable bonds is 5. The van der Waals surface area contributed by atoms with Crippen molar-refractivity contribution in [2.75, 3.05) is 11.4 Å². The first-order valence-electron chi connectivity index (χ1n) is 9.95. The Kier molecular flexibility index (Phi) is 4.98. The third-order valence-electron chi connectivity index (χ3n) is 5.75. The molecule has 29 heavy (non-hydrogen) atoms. The van der Waals surface area contributed by atoms with Gasteiger partial charge in [0.05, 0.1) is 28.7 Å². The molecule has 3 aromatic rings. The van der Waals surface area contributed by atoms with Crippen LogP contribution in [0.4, 0.5) is 14.6 Å². The summed E-state index contributed by atoms with van der Waals surface area (Å²) >= 11 is 0. The van der Waals surface area contributed by atoms with Gasteiger partial charge in [0.1, 0.15) is 17.5 Å². The Morgan fingerprint density at radius 2 is 2.00 bits per heavy atom. The van der Waals surface area contributed by atoms with Crippen molar-refractivity contribution in [2.45, 2.75) is 46.1 Å². The number of halogens is 2. The molecular weight excluding hydrogens is 372 g/mol. The predicted molar refractivity (Wildman–Crippen MR) is 111 cm³/mol. The van der Waals surface area contributed by atoms with Gasteiger partial charge in [-0.2, -0.15) is 10.2 Å². The highest BCUT2D eigenvalue weighted by Gasteiger charge is 2.31. The quantitative estimate of drug-likeness (QED) is 0.639. The van der Waals surface area contributed by atoms with Crippen LogP contribution in [-0.4, -0.2) is 26.5 Å². The van der Waals surface area contributed by atoms with E-state index in [0.717, 1.165) is 47.7 Å². The second-order valence-electron chi connectivity index (χ2n) is 7.57. The summed E-state index contributed by atoms with van der Waals surface area (Å²) in [7, 11) is 0. The third-order valence-corrected chi connectivity index (χ3v) is 5.75. The summed E-state index contributed by atoms with van der Waals surface area (Å²) in [6, 6.07) is 3.88. The molecule has 0 amide bonds. The highest BCUT2D eigenvalue weighted by atomic mass is 19.1. The number of fused-ring (bicyclic) bond motifs is 1. The largest absolute Gasteiger partial charge is 0.326 e. The first kappa shape index (κ1) is 19.4. The van der Waals surface area contributed by atoms with Crippen LogP contribution in [0.2, 0.25) is 0 Å². The molecule has 0 fully saturated rings. The van der Waals surface area contributed by atoms with Crippen LogP contribution < -0.4 is 4.90 Å². The number of benzene rings is 1. The van der Waals surface area contributed by atoms with E-state index in [2.05, 4.69) is 30.6 Å². The van der Waals surface area contributed by atoms with E-state index in [1.807, 2.05) is 22.7 Å². The lowest BCUT2D eigenvalue weighted by Crippen LogP contribution is -2.31. The van der Waals surface area contributed by atoms with E-state index >= 15 is 0 Å². The van der Waals surface area contributed by atoms with E-state index in [4.69, 9.17) is 5.10 Å². The van der Waals surface area contributed by atoms with Crippen molar-refractivity contribution in [3.8, 4) is 11.3 Å². The van der Waals surface area contributed by atoms with Crippen LogP contribution in [0.5, 0.6) is 0 Å². The van der Waals surface area contributed by atoms with Crippen LogP contribution in [0.3, 0.4) is 0 Å². The lowest BCUT2D eigenvalue weighted by molar-refractivity contribution is 0.536. The fourth-order valence-electron chi connectivity index (χ4n) is 4.04. The van der Waals surface area contributed by atoms with Crippen LogP contribution in [0.25, 0.3) is 17.0 Å². The van der Waals surface area contributed by atoms with Crippen LogP contribution in [0, 0.1) is 18.6 Å². The highest BCUT2D eigenvalue weighted by molar-refractivity contribution is 5.87. The highest BCUT2D eigenvalue weighted by Crippen LogP contribution is 2.42. The van der Waals surface area contributed by atoms with Gasteiger partial charge in [-0.1, -0.05) is 26.5 Å². The van der Waals surface area contributed by atoms with Gasteiger partial charge >= 0.3 is 0 Å². The number of nitrogens with one attached hydrogen (secondary N) is 1. The number of H-pyrrole nitrogens is 1. The van der Waals surface area contributed by atoms with E-state index in [0.29, 0.717) is 18.2 Å². The lowest BCUT2D eigenvalue weighted by Gasteiger charge is -2.32. The Morgan fingerprint density at radius 3 is 2.69 bits per heavy atom. The number of anilines is 1. The number of hydrogen-bond acceptors (Lipinski definition) is 3. The van der Waals surface area contributed by atoms with E-state index in [1.54, 1.807) is 0 Å². The number of hydrogen-bond donors (Lipinski definition) is 1. The number of aryl methyl sites for hydroxylation is 2. The molecule has 1 N–H and O–H groups in total. The average Bonchev–Trinajstić information content (AvgIpc) is 3.30. The molecule has 1 unspecified atom stereocenters. The molecule has 0 saturated heterocycles. The molecule has 0 saturated carbocycles. The third kappa shape index (κ3) is 3.14. The van der Waals surface area contributed by atoms with E-state index in [9.17, 15) is 8.78 Å². The van der Waals surface area contributed by atoms with Crippen LogP contribution in [0.15, 0.2) is 31.0 Å². The minimum Gasteiger partial charge on any atom is -0.326 e. The number of aromatic amines is 1. The minimum atomic E-state index is -0.619. The standard InChI is InChI=1S/C22H25F2N5/c1-5-13(2)16-12-25-26-21(16)19-14(3)27-29-11-7-10-28(22(19)29)15(4)20-17(23)8-6-9-18(20)24/h6,8-9,12-13H,4-5,7,10-11H2,1-3H3,(H,25,26). The summed E-state index contributed by atoms with van der Waals surface area (Å²) in [4.78, 5) is 1.88. The molecule has 4 rings (SSSR count). The first-order chi connectivity index (χ1) is 13.9. The molecule has 2 aromatic heterocycles. The molecule has 0 radical (unpaired) electrons. The van der Waals surface area contributed by atoms with Crippen LogP contribution in [-0.2, 0) is 6.54 Å². The maximum atomic E-state index is 14.5. The zero-order valence-corrected chi connectivity index (χ0v) is 17.0. The molecule has 152 valence electrons. The summed E-state index contributed by atoms with van der Waals surface area (Å²) in [5.41, 5.74) is 3.98. The van der Waals surface area contributed by atoms with Crippen molar-refractivity contribution < 1.29 is 8.78 Å². The van der Waals surface area contributed by atoms with Crippen molar-refractivity contribution in [1.82, 2.24) is 20.0 Å². The SMILES string of the molecule is C=C(c1c(F)cccc1F)N1CCCn2nc(C)c(-c3[nH]ncc3C(C)CC)c21. The fourth-order valence-corrected chi connectivity index (χ4v) is 4.04. The molecular formula is C22H25F2N5. The Morgan fingerprint density at radius 1 is 1.28 bits per heavy atom. The van der Waals surface area contributed by atoms with Gasteiger partial charge in [0.15, 0.2) is 0 Å². The van der Waals surface area contributed by atoms with E-state index in [1.165, 1.54) is 18.2 Å². The van der Waals surface area contributed by atoms with Crippen LogP contribution in [0.1, 0.15) is 49.4 Å². The summed E-state index contributed by atoms with van der Waals surface area (Å²) in [5.74, 6) is -0.114. The van der Waals surface area contributed by atoms with Crippen molar-refractivity contribution in [2.24, 2.45) is 0 Å². The number of aromatic nitrogens is 4. The van der Waals surface area contributed by atoms with Gasteiger partial charge < -0.3 is 4.90 Å². The van der Waals surface area contributed by atoms with Crippen molar-refractivity contribution in [1.29, 1.82) is 0 Å². The molecule has 5 nitrogen and oxygen atoms in total. The second kappa shape index (κ2) is 7.46. The predicted octanol–water partition coefficient (Wildman–Crippen LogP) is 5.25. The first-order valence-corrected chi connectivity index (χ1v) is 9.95. The topological polar surface area (TPSA) is 49.7 Å². The van der Waals surface area contributed by atoms with Crippen LogP contribution >= 0.6 is 0 Å². The summed E-state index contributed by atoms with van der Waals surface area (Å²) in [6.45, 7) is 11.6. The van der Waals surface area contributed by atoms with Gasteiger partial charge in [-0.25, -0.2) is 13.5 Å². The summed E-state index contributed by atoms with van der Waals surface area (Å²) in [6.07, 6.45) is 3.64. The Hall–Kier alpha value is -2.96. The lowest BCUT2D eigenvalue weighted by atomic mass is 9.95. The molecule has 0 aliphatic carbocycles. The molecule has 1 atom stereocenters. The van der Waals surface area contributed by atoms with Crippen molar-refractivity contribution >= 4 is 11.5 Å². The van der Waals surface area contributed by atoms with E-state index in [-0.39, 0.29) is 5.56 Å². The molecule has 7 heteroatoms. The van der Waals surface area contributed by atoms with Gasteiger partial charge in [0, 0.05) is 24.4 Å². The van der Waals surface area contributed by atoms with Gasteiger partial charge in [0.2, 0.25) is 0 Å². The Balaban J connectivity index is 1.87. The summed E-state index contributed by atoms with van der Waals surface area (Å²) in [5, 5.41) is 12.1. The molecule has 1 aromatic carbocycles. The summed E-state index contributed by atoms with van der Waals surface area (Å²) < 4.78 is 30.8. The monoisotopic (exact) mass is 397 g/mol. The molecule has 3 heterocycles. The average molecular weight is 397 g/mol. The smallest absolute Gasteiger partial charge is 0.141 e. The van der Waals surface area contributed by atoms with Gasteiger partial charge in [-0.05, 0) is 37.8 Å². The normalized spacial score (nSPS) is 14.7. The molecule has 0 bridgehead atoms. The van der Waals surface area contributed by atoms with Gasteiger partial charge in [-0.15, -0.1) is 0 Å². The van der Waals surface area contributed by atoms with Crippen molar-refractivity contribution in [3.63, 3.8) is 0 Å². The zero-order chi connectivity index (χ0) is 20.7.